The van der Waals surface area contributed by atoms with Crippen molar-refractivity contribution >= 4 is 28.5 Å². The Labute approximate surface area is 145 Å². The van der Waals surface area contributed by atoms with Crippen LogP contribution in [0.25, 0.3) is 10.9 Å². The van der Waals surface area contributed by atoms with E-state index in [1.165, 1.54) is 12.3 Å². The lowest BCUT2D eigenvalue weighted by atomic mass is 10.1. The average Bonchev–Trinajstić information content (AvgIpc) is 2.61. The number of unbranched alkanes of at least 4 members (excludes halogenated alkanes) is 1. The van der Waals surface area contributed by atoms with Gasteiger partial charge in [0.15, 0.2) is 0 Å². The molecular formula is C18H19ClFNO3. The Balaban J connectivity index is 1.92. The highest BCUT2D eigenvalue weighted by atomic mass is 35.5. The number of carbonyl (C=O) groups excluding carboxylic acids is 1. The van der Waals surface area contributed by atoms with Crippen molar-refractivity contribution in [2.75, 3.05) is 19.8 Å². The Morgan fingerprint density at radius 1 is 1.33 bits per heavy atom. The first-order valence-corrected chi connectivity index (χ1v) is 8.05. The number of carbonyl (C=O) groups is 1. The molecule has 1 atom stereocenters. The Morgan fingerprint density at radius 3 is 2.92 bits per heavy atom. The molecule has 6 heteroatoms. The first-order chi connectivity index (χ1) is 11.6. The molecule has 1 aromatic carbocycles. The fraction of sp³-hybridized carbons (Fsp3) is 0.333. The molecule has 0 saturated carbocycles. The molecule has 1 heterocycles. The van der Waals surface area contributed by atoms with Gasteiger partial charge in [-0.1, -0.05) is 23.7 Å². The first kappa shape index (κ1) is 18.4. The van der Waals surface area contributed by atoms with Gasteiger partial charge >= 0.3 is 5.97 Å². The highest BCUT2D eigenvalue weighted by Gasteiger charge is 2.24. The van der Waals surface area contributed by atoms with Crippen LogP contribution in [-0.4, -0.2) is 30.8 Å². The minimum atomic E-state index is -1.89. The fourth-order valence-electron chi connectivity index (χ4n) is 2.21. The van der Waals surface area contributed by atoms with Gasteiger partial charge in [0.25, 0.3) is 0 Å². The lowest BCUT2D eigenvalue weighted by molar-refractivity contribution is -0.150. The number of hydrogen-bond acceptors (Lipinski definition) is 4. The molecule has 2 rings (SSSR count). The number of benzene rings is 1. The highest BCUT2D eigenvalue weighted by molar-refractivity contribution is 6.35. The van der Waals surface area contributed by atoms with E-state index >= 15 is 0 Å². The van der Waals surface area contributed by atoms with E-state index in [4.69, 9.17) is 21.1 Å². The van der Waals surface area contributed by atoms with Crippen molar-refractivity contribution in [1.82, 2.24) is 4.98 Å². The zero-order chi connectivity index (χ0) is 17.4. The number of esters is 1. The number of pyridine rings is 1. The molecule has 0 N–H and O–H groups in total. The number of nitrogens with zero attached hydrogens (tertiary/aromatic N) is 1. The van der Waals surface area contributed by atoms with E-state index in [1.54, 1.807) is 24.3 Å². The zero-order valence-corrected chi connectivity index (χ0v) is 14.0. The van der Waals surface area contributed by atoms with Crippen molar-refractivity contribution in [2.45, 2.75) is 19.0 Å². The molecule has 1 aromatic heterocycles. The maximum absolute atomic E-state index is 14.5. The van der Waals surface area contributed by atoms with Gasteiger partial charge in [-0.3, -0.25) is 4.98 Å². The second-order valence-electron chi connectivity index (χ2n) is 5.14. The molecule has 0 saturated heterocycles. The molecule has 0 bridgehead atoms. The summed E-state index contributed by atoms with van der Waals surface area (Å²) >= 11 is 6.07. The molecule has 2 aromatic rings. The lowest BCUT2D eigenvalue weighted by Crippen LogP contribution is -2.14. The summed E-state index contributed by atoms with van der Waals surface area (Å²) in [5, 5.41) is 1.06. The van der Waals surface area contributed by atoms with E-state index in [0.717, 1.165) is 6.42 Å². The number of alkyl halides is 1. The summed E-state index contributed by atoms with van der Waals surface area (Å²) in [5.41, 5.74) is 0.529. The SMILES string of the molecule is C=CCOCCCCOC(=O)C(F)c1ccc(Cl)c2cccnc12. The third kappa shape index (κ3) is 4.76. The van der Waals surface area contributed by atoms with Crippen LogP contribution in [0.1, 0.15) is 24.6 Å². The molecule has 1 unspecified atom stereocenters. The van der Waals surface area contributed by atoms with E-state index in [-0.39, 0.29) is 12.2 Å². The van der Waals surface area contributed by atoms with Gasteiger partial charge in [-0.2, -0.15) is 0 Å². The molecule has 24 heavy (non-hydrogen) atoms. The number of rotatable bonds is 9. The average molecular weight is 352 g/mol. The molecule has 0 amide bonds. The van der Waals surface area contributed by atoms with Gasteiger partial charge in [-0.25, -0.2) is 9.18 Å². The number of ether oxygens (including phenoxy) is 2. The molecule has 0 aliphatic rings. The van der Waals surface area contributed by atoms with Crippen LogP contribution in [0.4, 0.5) is 4.39 Å². The second-order valence-corrected chi connectivity index (χ2v) is 5.54. The van der Waals surface area contributed by atoms with E-state index in [9.17, 15) is 9.18 Å². The summed E-state index contributed by atoms with van der Waals surface area (Å²) in [5.74, 6) is -0.920. The number of halogens is 2. The van der Waals surface area contributed by atoms with Crippen LogP contribution in [0.3, 0.4) is 0 Å². The number of fused-ring (bicyclic) bond motifs is 1. The van der Waals surface area contributed by atoms with Gasteiger partial charge in [0.2, 0.25) is 6.17 Å². The molecule has 0 spiro atoms. The van der Waals surface area contributed by atoms with Crippen molar-refractivity contribution in [1.29, 1.82) is 0 Å². The van der Waals surface area contributed by atoms with Gasteiger partial charge in [0.1, 0.15) is 0 Å². The van der Waals surface area contributed by atoms with Crippen molar-refractivity contribution in [3.63, 3.8) is 0 Å². The number of aromatic nitrogens is 1. The summed E-state index contributed by atoms with van der Waals surface area (Å²) < 4.78 is 24.7. The standard InChI is InChI=1S/C18H19ClFNO3/c1-2-10-23-11-3-4-12-24-18(22)16(20)14-7-8-15(19)13-6-5-9-21-17(13)14/h2,5-9,16H,1,3-4,10-12H2. The maximum atomic E-state index is 14.5. The largest absolute Gasteiger partial charge is 0.463 e. The Kier molecular flexibility index (Phi) is 7.15. The van der Waals surface area contributed by atoms with Gasteiger partial charge in [-0.05, 0) is 31.0 Å². The molecule has 4 nitrogen and oxygen atoms in total. The van der Waals surface area contributed by atoms with Crippen LogP contribution >= 0.6 is 11.6 Å². The zero-order valence-electron chi connectivity index (χ0n) is 13.2. The van der Waals surface area contributed by atoms with Crippen molar-refractivity contribution in [3.8, 4) is 0 Å². The Bertz CT molecular complexity index is 708. The summed E-state index contributed by atoms with van der Waals surface area (Å²) in [6, 6.07) is 6.46. The van der Waals surface area contributed by atoms with Gasteiger partial charge in [0, 0.05) is 28.8 Å². The van der Waals surface area contributed by atoms with E-state index in [1.807, 2.05) is 0 Å². The monoisotopic (exact) mass is 351 g/mol. The van der Waals surface area contributed by atoms with Crippen LogP contribution < -0.4 is 0 Å². The Hall–Kier alpha value is -1.98. The minimum Gasteiger partial charge on any atom is -0.463 e. The van der Waals surface area contributed by atoms with Crippen molar-refractivity contribution in [3.05, 3.63) is 53.7 Å². The predicted molar refractivity (Wildman–Crippen MR) is 91.8 cm³/mol. The summed E-state index contributed by atoms with van der Waals surface area (Å²) in [4.78, 5) is 16.0. The lowest BCUT2D eigenvalue weighted by Gasteiger charge is -2.12. The van der Waals surface area contributed by atoms with E-state index in [2.05, 4.69) is 11.6 Å². The smallest absolute Gasteiger partial charge is 0.345 e. The van der Waals surface area contributed by atoms with E-state index in [0.29, 0.717) is 35.6 Å². The first-order valence-electron chi connectivity index (χ1n) is 7.67. The van der Waals surface area contributed by atoms with Crippen LogP contribution in [0.2, 0.25) is 5.02 Å². The van der Waals surface area contributed by atoms with Gasteiger partial charge in [-0.15, -0.1) is 6.58 Å². The van der Waals surface area contributed by atoms with Gasteiger partial charge in [0.05, 0.1) is 18.7 Å². The van der Waals surface area contributed by atoms with Crippen LogP contribution in [0.15, 0.2) is 43.1 Å². The predicted octanol–water partition coefficient (Wildman–Crippen LogP) is 4.42. The highest BCUT2D eigenvalue weighted by Crippen LogP contribution is 2.30. The molecular weight excluding hydrogens is 333 g/mol. The molecule has 0 radical (unpaired) electrons. The van der Waals surface area contributed by atoms with Crippen molar-refractivity contribution < 1.29 is 18.7 Å². The third-order valence-electron chi connectivity index (χ3n) is 3.39. The maximum Gasteiger partial charge on any atom is 0.345 e. The summed E-state index contributed by atoms with van der Waals surface area (Å²) in [7, 11) is 0. The van der Waals surface area contributed by atoms with Crippen molar-refractivity contribution in [2.24, 2.45) is 0 Å². The van der Waals surface area contributed by atoms with Crippen LogP contribution in [0, 0.1) is 0 Å². The Morgan fingerprint density at radius 2 is 2.12 bits per heavy atom. The summed E-state index contributed by atoms with van der Waals surface area (Å²) in [6.45, 7) is 4.73. The topological polar surface area (TPSA) is 48.4 Å². The fourth-order valence-corrected chi connectivity index (χ4v) is 2.43. The summed E-state index contributed by atoms with van der Waals surface area (Å²) in [6.07, 6.45) is 2.64. The van der Waals surface area contributed by atoms with Gasteiger partial charge < -0.3 is 9.47 Å². The van der Waals surface area contributed by atoms with Crippen LogP contribution in [-0.2, 0) is 14.3 Å². The minimum absolute atomic E-state index is 0.148. The van der Waals surface area contributed by atoms with Crippen LogP contribution in [0.5, 0.6) is 0 Å². The van der Waals surface area contributed by atoms with E-state index < -0.39 is 12.1 Å². The molecule has 128 valence electrons. The number of hydrogen-bond donors (Lipinski definition) is 0. The molecule has 0 fully saturated rings. The second kappa shape index (κ2) is 9.35. The normalized spacial score (nSPS) is 12.1. The quantitative estimate of drug-likeness (QED) is 0.381. The third-order valence-corrected chi connectivity index (χ3v) is 3.72. The molecule has 0 aliphatic carbocycles. The molecule has 0 aliphatic heterocycles.